The predicted molar refractivity (Wildman–Crippen MR) is 84.1 cm³/mol. The Bertz CT molecular complexity index is 574. The van der Waals surface area contributed by atoms with E-state index in [2.05, 4.69) is 34.8 Å². The first-order chi connectivity index (χ1) is 9.10. The SMILES string of the molecule is COc1cccc(C(C)Nc2ccc(F)cc2I)c1. The molecular formula is C15H15FINO. The Kier molecular flexibility index (Phi) is 4.63. The topological polar surface area (TPSA) is 21.3 Å². The molecule has 0 radical (unpaired) electrons. The van der Waals surface area contributed by atoms with Crippen molar-refractivity contribution in [3.63, 3.8) is 0 Å². The van der Waals surface area contributed by atoms with Crippen molar-refractivity contribution in [3.05, 3.63) is 57.4 Å². The lowest BCUT2D eigenvalue weighted by Gasteiger charge is -2.17. The van der Waals surface area contributed by atoms with Crippen molar-refractivity contribution in [2.24, 2.45) is 0 Å². The van der Waals surface area contributed by atoms with E-state index in [1.54, 1.807) is 13.2 Å². The van der Waals surface area contributed by atoms with Gasteiger partial charge in [0.2, 0.25) is 0 Å². The quantitative estimate of drug-likeness (QED) is 0.793. The summed E-state index contributed by atoms with van der Waals surface area (Å²) in [5, 5.41) is 3.38. The number of hydrogen-bond donors (Lipinski definition) is 1. The average Bonchev–Trinajstić information content (AvgIpc) is 2.42. The van der Waals surface area contributed by atoms with Gasteiger partial charge in [0.25, 0.3) is 0 Å². The van der Waals surface area contributed by atoms with Crippen LogP contribution in [0.25, 0.3) is 0 Å². The first-order valence-corrected chi connectivity index (χ1v) is 7.03. The molecule has 0 aliphatic carbocycles. The highest BCUT2D eigenvalue weighted by atomic mass is 127. The Morgan fingerprint density at radius 3 is 2.68 bits per heavy atom. The largest absolute Gasteiger partial charge is 0.497 e. The molecule has 0 aliphatic rings. The Balaban J connectivity index is 2.17. The van der Waals surface area contributed by atoms with E-state index >= 15 is 0 Å². The summed E-state index contributed by atoms with van der Waals surface area (Å²) in [6.45, 7) is 2.06. The van der Waals surface area contributed by atoms with Gasteiger partial charge in [-0.15, -0.1) is 0 Å². The van der Waals surface area contributed by atoms with E-state index in [1.807, 2.05) is 24.3 Å². The molecule has 0 spiro atoms. The van der Waals surface area contributed by atoms with E-state index in [9.17, 15) is 4.39 Å². The number of halogens is 2. The minimum Gasteiger partial charge on any atom is -0.497 e. The summed E-state index contributed by atoms with van der Waals surface area (Å²) in [5.41, 5.74) is 2.05. The number of rotatable bonds is 4. The molecule has 2 rings (SSSR count). The van der Waals surface area contributed by atoms with Gasteiger partial charge in [0.1, 0.15) is 11.6 Å². The second-order valence-electron chi connectivity index (χ2n) is 4.27. The first-order valence-electron chi connectivity index (χ1n) is 5.95. The number of benzene rings is 2. The van der Waals surface area contributed by atoms with Crippen LogP contribution in [0.3, 0.4) is 0 Å². The van der Waals surface area contributed by atoms with Crippen LogP contribution in [0, 0.1) is 9.39 Å². The van der Waals surface area contributed by atoms with Gasteiger partial charge in [-0.1, -0.05) is 12.1 Å². The van der Waals surface area contributed by atoms with Gasteiger partial charge >= 0.3 is 0 Å². The van der Waals surface area contributed by atoms with Crippen LogP contribution in [0.4, 0.5) is 10.1 Å². The molecule has 0 bridgehead atoms. The van der Waals surface area contributed by atoms with Gasteiger partial charge in [-0.25, -0.2) is 4.39 Å². The maximum absolute atomic E-state index is 13.1. The molecule has 0 saturated carbocycles. The van der Waals surface area contributed by atoms with Gasteiger partial charge in [-0.05, 0) is 65.4 Å². The molecule has 4 heteroatoms. The van der Waals surface area contributed by atoms with Crippen LogP contribution >= 0.6 is 22.6 Å². The molecule has 1 unspecified atom stereocenters. The molecule has 2 nitrogen and oxygen atoms in total. The van der Waals surface area contributed by atoms with Crippen molar-refractivity contribution < 1.29 is 9.13 Å². The van der Waals surface area contributed by atoms with Crippen molar-refractivity contribution in [2.75, 3.05) is 12.4 Å². The van der Waals surface area contributed by atoms with Crippen LogP contribution in [0.2, 0.25) is 0 Å². The highest BCUT2D eigenvalue weighted by Gasteiger charge is 2.08. The zero-order valence-corrected chi connectivity index (χ0v) is 12.9. The van der Waals surface area contributed by atoms with Crippen molar-refractivity contribution >= 4 is 28.3 Å². The van der Waals surface area contributed by atoms with Crippen LogP contribution in [-0.4, -0.2) is 7.11 Å². The summed E-state index contributed by atoms with van der Waals surface area (Å²) in [4.78, 5) is 0. The number of nitrogens with one attached hydrogen (secondary N) is 1. The molecule has 2 aromatic carbocycles. The van der Waals surface area contributed by atoms with Crippen molar-refractivity contribution in [1.82, 2.24) is 0 Å². The van der Waals surface area contributed by atoms with Crippen molar-refractivity contribution in [2.45, 2.75) is 13.0 Å². The molecule has 0 saturated heterocycles. The Labute approximate surface area is 126 Å². The third-order valence-corrected chi connectivity index (χ3v) is 3.79. The van der Waals surface area contributed by atoms with E-state index in [1.165, 1.54) is 12.1 Å². The zero-order chi connectivity index (χ0) is 13.8. The predicted octanol–water partition coefficient (Wildman–Crippen LogP) is 4.61. The third-order valence-electron chi connectivity index (χ3n) is 2.90. The molecule has 0 heterocycles. The molecule has 19 heavy (non-hydrogen) atoms. The third kappa shape index (κ3) is 3.59. The maximum Gasteiger partial charge on any atom is 0.124 e. The second-order valence-corrected chi connectivity index (χ2v) is 5.43. The fraction of sp³-hybridized carbons (Fsp3) is 0.200. The van der Waals surface area contributed by atoms with Crippen LogP contribution in [0.5, 0.6) is 5.75 Å². The van der Waals surface area contributed by atoms with Gasteiger partial charge in [0.05, 0.1) is 7.11 Å². The Hall–Kier alpha value is -1.30. The van der Waals surface area contributed by atoms with Crippen LogP contribution in [0.15, 0.2) is 42.5 Å². The monoisotopic (exact) mass is 371 g/mol. The smallest absolute Gasteiger partial charge is 0.124 e. The molecule has 1 N–H and O–H groups in total. The highest BCUT2D eigenvalue weighted by molar-refractivity contribution is 14.1. The van der Waals surface area contributed by atoms with E-state index in [-0.39, 0.29) is 11.9 Å². The van der Waals surface area contributed by atoms with Crippen LogP contribution < -0.4 is 10.1 Å². The fourth-order valence-electron chi connectivity index (χ4n) is 1.83. The summed E-state index contributed by atoms with van der Waals surface area (Å²) in [5.74, 6) is 0.615. The van der Waals surface area contributed by atoms with Gasteiger partial charge in [-0.3, -0.25) is 0 Å². The number of hydrogen-bond acceptors (Lipinski definition) is 2. The van der Waals surface area contributed by atoms with E-state index in [0.29, 0.717) is 0 Å². The Morgan fingerprint density at radius 2 is 2.00 bits per heavy atom. The summed E-state index contributed by atoms with van der Waals surface area (Å²) in [6, 6.07) is 12.8. The van der Waals surface area contributed by atoms with Crippen LogP contribution in [-0.2, 0) is 0 Å². The summed E-state index contributed by atoms with van der Waals surface area (Å²) >= 11 is 2.13. The lowest BCUT2D eigenvalue weighted by Crippen LogP contribution is -2.08. The molecule has 1 atom stereocenters. The van der Waals surface area contributed by atoms with E-state index < -0.39 is 0 Å². The van der Waals surface area contributed by atoms with Crippen LogP contribution in [0.1, 0.15) is 18.5 Å². The molecular weight excluding hydrogens is 356 g/mol. The van der Waals surface area contributed by atoms with Gasteiger partial charge in [0.15, 0.2) is 0 Å². The highest BCUT2D eigenvalue weighted by Crippen LogP contribution is 2.26. The molecule has 0 aromatic heterocycles. The summed E-state index contributed by atoms with van der Waals surface area (Å²) < 4.78 is 19.1. The normalized spacial score (nSPS) is 12.0. The standard InChI is InChI=1S/C15H15FINO/c1-10(11-4-3-5-13(8-11)19-2)18-15-7-6-12(16)9-14(15)17/h3-10,18H,1-2H3. The zero-order valence-electron chi connectivity index (χ0n) is 10.8. The minimum absolute atomic E-state index is 0.120. The Morgan fingerprint density at radius 1 is 1.21 bits per heavy atom. The van der Waals surface area contributed by atoms with Crippen molar-refractivity contribution in [1.29, 1.82) is 0 Å². The number of ether oxygens (including phenoxy) is 1. The molecule has 0 fully saturated rings. The van der Waals surface area contributed by atoms with Crippen molar-refractivity contribution in [3.8, 4) is 5.75 Å². The molecule has 0 aliphatic heterocycles. The van der Waals surface area contributed by atoms with E-state index in [0.717, 1.165) is 20.6 Å². The van der Waals surface area contributed by atoms with Gasteiger partial charge < -0.3 is 10.1 Å². The number of methoxy groups -OCH3 is 1. The molecule has 0 amide bonds. The lowest BCUT2D eigenvalue weighted by molar-refractivity contribution is 0.414. The second kappa shape index (κ2) is 6.23. The van der Waals surface area contributed by atoms with E-state index in [4.69, 9.17) is 4.74 Å². The summed E-state index contributed by atoms with van der Waals surface area (Å²) in [7, 11) is 1.65. The minimum atomic E-state index is -0.219. The van der Waals surface area contributed by atoms with Gasteiger partial charge in [0, 0.05) is 15.3 Å². The first kappa shape index (κ1) is 14.1. The summed E-state index contributed by atoms with van der Waals surface area (Å²) in [6.07, 6.45) is 0. The average molecular weight is 371 g/mol. The lowest BCUT2D eigenvalue weighted by atomic mass is 10.1. The number of anilines is 1. The van der Waals surface area contributed by atoms with Gasteiger partial charge in [-0.2, -0.15) is 0 Å². The molecule has 2 aromatic rings. The molecule has 100 valence electrons. The maximum atomic E-state index is 13.1. The fourth-order valence-corrected chi connectivity index (χ4v) is 2.47.